The van der Waals surface area contributed by atoms with Crippen LogP contribution in [0.1, 0.15) is 25.3 Å². The molecule has 0 aromatic heterocycles. The van der Waals surface area contributed by atoms with Crippen molar-refractivity contribution >= 4 is 20.5 Å². The van der Waals surface area contributed by atoms with Crippen LogP contribution < -0.4 is 0 Å². The summed E-state index contributed by atoms with van der Waals surface area (Å²) in [6, 6.07) is 9.96. The largest absolute Gasteiger partial charge is 0.331 e. The van der Waals surface area contributed by atoms with Crippen LogP contribution in [0.25, 0.3) is 0 Å². The van der Waals surface area contributed by atoms with E-state index in [1.165, 1.54) is 0 Å². The molecule has 0 heterocycles. The van der Waals surface area contributed by atoms with E-state index in [1.54, 1.807) is 0 Å². The van der Waals surface area contributed by atoms with Crippen molar-refractivity contribution in [1.82, 2.24) is 4.67 Å². The molecule has 0 radical (unpaired) electrons. The maximum absolute atomic E-state index is 11.7. The molecule has 1 rings (SSSR count). The average Bonchev–Trinajstić information content (AvgIpc) is 2.38. The SMILES string of the molecule is CCC(=O)CC(=NN(C)[SiH](C)C)c1ccccc1. The van der Waals surface area contributed by atoms with Gasteiger partial charge in [-0.2, -0.15) is 5.10 Å². The normalized spacial score (nSPS) is 11.7. The molecule has 0 fully saturated rings. The molecule has 0 aliphatic rings. The molecule has 0 aliphatic heterocycles. The van der Waals surface area contributed by atoms with Gasteiger partial charge in [0.1, 0.15) is 5.78 Å². The Morgan fingerprint density at radius 2 is 1.89 bits per heavy atom. The van der Waals surface area contributed by atoms with Gasteiger partial charge in [-0.15, -0.1) is 0 Å². The van der Waals surface area contributed by atoms with E-state index in [-0.39, 0.29) is 5.78 Å². The summed E-state index contributed by atoms with van der Waals surface area (Å²) in [5.41, 5.74) is 1.92. The van der Waals surface area contributed by atoms with Gasteiger partial charge in [0, 0.05) is 13.5 Å². The third-order valence-electron chi connectivity index (χ3n) is 2.89. The number of Topliss-reactive ketones (excluding diaryl/α,β-unsaturated/α-hetero) is 1. The summed E-state index contributed by atoms with van der Waals surface area (Å²) in [7, 11) is 1.03. The molecular formula is C14H22N2OSi. The van der Waals surface area contributed by atoms with E-state index in [9.17, 15) is 4.79 Å². The number of hydrogen-bond donors (Lipinski definition) is 0. The summed E-state index contributed by atoms with van der Waals surface area (Å²) < 4.78 is 2.03. The van der Waals surface area contributed by atoms with E-state index in [2.05, 4.69) is 18.2 Å². The van der Waals surface area contributed by atoms with Crippen LogP contribution in [0.15, 0.2) is 35.4 Å². The van der Waals surface area contributed by atoms with E-state index < -0.39 is 8.96 Å². The Hall–Kier alpha value is -1.42. The summed E-state index contributed by atoms with van der Waals surface area (Å²) in [6.07, 6.45) is 0.987. The molecule has 0 unspecified atom stereocenters. The first kappa shape index (κ1) is 14.6. The quantitative estimate of drug-likeness (QED) is 0.448. The Kier molecular flexibility index (Phi) is 5.78. The first-order valence-electron chi connectivity index (χ1n) is 6.42. The molecule has 1 aromatic carbocycles. The van der Waals surface area contributed by atoms with Gasteiger partial charge in [0.2, 0.25) is 0 Å². The maximum atomic E-state index is 11.7. The molecule has 98 valence electrons. The third-order valence-corrected chi connectivity index (χ3v) is 4.50. The zero-order chi connectivity index (χ0) is 13.5. The van der Waals surface area contributed by atoms with Gasteiger partial charge in [0.15, 0.2) is 8.96 Å². The summed E-state index contributed by atoms with van der Waals surface area (Å²) in [6.45, 7) is 6.33. The second kappa shape index (κ2) is 7.11. The zero-order valence-corrected chi connectivity index (χ0v) is 12.8. The molecule has 0 aliphatic carbocycles. The maximum Gasteiger partial charge on any atom is 0.156 e. The second-order valence-corrected chi connectivity index (χ2v) is 7.58. The van der Waals surface area contributed by atoms with Crippen LogP contribution >= 0.6 is 0 Å². The van der Waals surface area contributed by atoms with Crippen LogP contribution in [0.5, 0.6) is 0 Å². The van der Waals surface area contributed by atoms with Gasteiger partial charge >= 0.3 is 0 Å². The summed E-state index contributed by atoms with van der Waals surface area (Å²) in [5.74, 6) is 0.233. The number of carbonyl (C=O) groups excluding carboxylic acids is 1. The molecule has 0 saturated carbocycles. The van der Waals surface area contributed by atoms with Crippen molar-refractivity contribution in [1.29, 1.82) is 0 Å². The Labute approximate surface area is 111 Å². The van der Waals surface area contributed by atoms with Crippen molar-refractivity contribution in [3.8, 4) is 0 Å². The summed E-state index contributed by atoms with van der Waals surface area (Å²) >= 11 is 0. The third kappa shape index (κ3) is 4.45. The molecule has 0 bridgehead atoms. The van der Waals surface area contributed by atoms with E-state index >= 15 is 0 Å². The fourth-order valence-electron chi connectivity index (χ4n) is 1.44. The fourth-order valence-corrected chi connectivity index (χ4v) is 1.81. The number of nitrogens with zero attached hydrogens (tertiary/aromatic N) is 2. The van der Waals surface area contributed by atoms with Crippen LogP contribution in [0.3, 0.4) is 0 Å². The van der Waals surface area contributed by atoms with Gasteiger partial charge < -0.3 is 4.67 Å². The lowest BCUT2D eigenvalue weighted by Crippen LogP contribution is -2.27. The minimum absolute atomic E-state index is 0.233. The van der Waals surface area contributed by atoms with E-state index in [0.717, 1.165) is 11.3 Å². The summed E-state index contributed by atoms with van der Waals surface area (Å²) in [5, 5.41) is 4.63. The molecule has 0 saturated heterocycles. The van der Waals surface area contributed by atoms with Crippen LogP contribution in [-0.4, -0.2) is 32.2 Å². The number of ketones is 1. The molecule has 1 aromatic rings. The molecule has 18 heavy (non-hydrogen) atoms. The van der Waals surface area contributed by atoms with Gasteiger partial charge in [-0.1, -0.05) is 50.3 Å². The molecule has 4 heteroatoms. The number of hydrazone groups is 1. The number of rotatable bonds is 6. The average molecular weight is 262 g/mol. The molecule has 3 nitrogen and oxygen atoms in total. The standard InChI is InChI=1S/C14H22N2OSi/c1-5-13(17)11-14(15-16(2)18(3)4)12-9-7-6-8-10-12/h6-10,18H,5,11H2,1-4H3. The highest BCUT2D eigenvalue weighted by Crippen LogP contribution is 2.08. The molecule has 0 spiro atoms. The summed E-state index contributed by atoms with van der Waals surface area (Å²) in [4.78, 5) is 11.7. The van der Waals surface area contributed by atoms with Gasteiger partial charge in [0.25, 0.3) is 0 Å². The van der Waals surface area contributed by atoms with Crippen LogP contribution in [0.2, 0.25) is 13.1 Å². The Bertz CT molecular complexity index is 415. The van der Waals surface area contributed by atoms with Crippen LogP contribution in [0.4, 0.5) is 0 Å². The predicted molar refractivity (Wildman–Crippen MR) is 79.5 cm³/mol. The van der Waals surface area contributed by atoms with Crippen molar-refractivity contribution < 1.29 is 4.79 Å². The van der Waals surface area contributed by atoms with E-state index in [0.29, 0.717) is 12.8 Å². The van der Waals surface area contributed by atoms with E-state index in [1.807, 2.05) is 49.0 Å². The molecular weight excluding hydrogens is 240 g/mol. The molecule has 0 atom stereocenters. The second-order valence-electron chi connectivity index (χ2n) is 4.65. The van der Waals surface area contributed by atoms with Crippen LogP contribution in [0, 0.1) is 0 Å². The first-order valence-corrected chi connectivity index (χ1v) is 9.24. The monoisotopic (exact) mass is 262 g/mol. The minimum Gasteiger partial charge on any atom is -0.331 e. The lowest BCUT2D eigenvalue weighted by molar-refractivity contribution is -0.117. The van der Waals surface area contributed by atoms with Crippen molar-refractivity contribution in [2.45, 2.75) is 32.9 Å². The van der Waals surface area contributed by atoms with Gasteiger partial charge in [0.05, 0.1) is 12.1 Å². The Balaban J connectivity index is 2.99. The predicted octanol–water partition coefficient (Wildman–Crippen LogP) is 2.68. The Morgan fingerprint density at radius 3 is 2.39 bits per heavy atom. The zero-order valence-electron chi connectivity index (χ0n) is 11.7. The van der Waals surface area contributed by atoms with Crippen LogP contribution in [-0.2, 0) is 4.79 Å². The van der Waals surface area contributed by atoms with Gasteiger partial charge in [-0.3, -0.25) is 4.79 Å². The number of carbonyl (C=O) groups is 1. The van der Waals surface area contributed by atoms with Crippen molar-refractivity contribution in [3.05, 3.63) is 35.9 Å². The number of hydrogen-bond acceptors (Lipinski definition) is 3. The van der Waals surface area contributed by atoms with E-state index in [4.69, 9.17) is 0 Å². The van der Waals surface area contributed by atoms with Gasteiger partial charge in [-0.25, -0.2) is 0 Å². The van der Waals surface area contributed by atoms with Crippen molar-refractivity contribution in [2.24, 2.45) is 5.10 Å². The highest BCUT2D eigenvalue weighted by molar-refractivity contribution is 6.52. The topological polar surface area (TPSA) is 32.7 Å². The highest BCUT2D eigenvalue weighted by atomic mass is 28.3. The molecule has 0 N–H and O–H groups in total. The van der Waals surface area contributed by atoms with Crippen molar-refractivity contribution in [2.75, 3.05) is 7.05 Å². The lowest BCUT2D eigenvalue weighted by Gasteiger charge is -2.19. The minimum atomic E-state index is -0.964. The molecule has 0 amide bonds. The van der Waals surface area contributed by atoms with Crippen molar-refractivity contribution in [3.63, 3.8) is 0 Å². The first-order chi connectivity index (χ1) is 8.54. The number of benzene rings is 1. The van der Waals surface area contributed by atoms with Gasteiger partial charge in [-0.05, 0) is 5.56 Å². The highest BCUT2D eigenvalue weighted by Gasteiger charge is 2.11. The lowest BCUT2D eigenvalue weighted by atomic mass is 10.0. The Morgan fingerprint density at radius 1 is 1.28 bits per heavy atom. The fraction of sp³-hybridized carbons (Fsp3) is 0.429. The smallest absolute Gasteiger partial charge is 0.156 e.